The van der Waals surface area contributed by atoms with E-state index in [1.165, 1.54) is 0 Å². The number of aromatic nitrogens is 1. The second-order valence-corrected chi connectivity index (χ2v) is 4.53. The standard InChI is InChI=1S/C15H16N2O3/c1-10-5-6-12(11(2)8-10)17-14(18)9-20-15(19)13-4-3-7-16-13/h3-8,16H,9H2,1-2H3,(H,17,18). The number of H-pyrrole nitrogens is 1. The van der Waals surface area contributed by atoms with E-state index in [4.69, 9.17) is 4.74 Å². The topological polar surface area (TPSA) is 71.2 Å². The number of rotatable bonds is 4. The fraction of sp³-hybridized carbons (Fsp3) is 0.200. The zero-order chi connectivity index (χ0) is 14.5. The van der Waals surface area contributed by atoms with Gasteiger partial charge in [0.15, 0.2) is 6.61 Å². The van der Waals surface area contributed by atoms with E-state index in [1.807, 2.05) is 32.0 Å². The molecule has 0 saturated heterocycles. The summed E-state index contributed by atoms with van der Waals surface area (Å²) in [6, 6.07) is 8.99. The van der Waals surface area contributed by atoms with E-state index in [-0.39, 0.29) is 12.5 Å². The number of hydrogen-bond donors (Lipinski definition) is 2. The van der Waals surface area contributed by atoms with Gasteiger partial charge in [-0.1, -0.05) is 17.7 Å². The van der Waals surface area contributed by atoms with E-state index >= 15 is 0 Å². The summed E-state index contributed by atoms with van der Waals surface area (Å²) in [7, 11) is 0. The summed E-state index contributed by atoms with van der Waals surface area (Å²) in [6.07, 6.45) is 1.62. The normalized spacial score (nSPS) is 10.1. The van der Waals surface area contributed by atoms with Crippen LogP contribution >= 0.6 is 0 Å². The molecule has 0 aliphatic heterocycles. The predicted octanol–water partition coefficient (Wildman–Crippen LogP) is 2.43. The number of hydrogen-bond acceptors (Lipinski definition) is 3. The molecule has 1 aromatic carbocycles. The van der Waals surface area contributed by atoms with E-state index in [1.54, 1.807) is 18.3 Å². The van der Waals surface area contributed by atoms with Gasteiger partial charge in [0.2, 0.25) is 0 Å². The molecule has 1 amide bonds. The van der Waals surface area contributed by atoms with Crippen molar-refractivity contribution in [1.82, 2.24) is 4.98 Å². The van der Waals surface area contributed by atoms with E-state index < -0.39 is 5.97 Å². The highest BCUT2D eigenvalue weighted by Crippen LogP contribution is 2.15. The molecule has 2 rings (SSSR count). The first-order valence-corrected chi connectivity index (χ1v) is 6.24. The Bertz CT molecular complexity index is 618. The van der Waals surface area contributed by atoms with Crippen molar-refractivity contribution in [2.24, 2.45) is 0 Å². The van der Waals surface area contributed by atoms with Gasteiger partial charge in [0.05, 0.1) is 0 Å². The van der Waals surface area contributed by atoms with Crippen molar-refractivity contribution in [3.05, 3.63) is 53.3 Å². The van der Waals surface area contributed by atoms with Crippen LogP contribution in [0.2, 0.25) is 0 Å². The Morgan fingerprint density at radius 3 is 2.70 bits per heavy atom. The molecule has 0 atom stereocenters. The molecule has 5 heteroatoms. The molecular formula is C15H16N2O3. The Morgan fingerprint density at radius 2 is 2.05 bits per heavy atom. The number of amides is 1. The highest BCUT2D eigenvalue weighted by Gasteiger charge is 2.11. The summed E-state index contributed by atoms with van der Waals surface area (Å²) in [4.78, 5) is 26.0. The fourth-order valence-electron chi connectivity index (χ4n) is 1.81. The maximum Gasteiger partial charge on any atom is 0.355 e. The maximum atomic E-state index is 11.7. The van der Waals surface area contributed by atoms with Crippen molar-refractivity contribution in [3.8, 4) is 0 Å². The van der Waals surface area contributed by atoms with Crippen LogP contribution in [0.15, 0.2) is 36.5 Å². The molecular weight excluding hydrogens is 256 g/mol. The monoisotopic (exact) mass is 272 g/mol. The zero-order valence-corrected chi connectivity index (χ0v) is 11.4. The molecule has 0 spiro atoms. The minimum Gasteiger partial charge on any atom is -0.451 e. The van der Waals surface area contributed by atoms with Gasteiger partial charge in [-0.15, -0.1) is 0 Å². The van der Waals surface area contributed by atoms with Crippen molar-refractivity contribution < 1.29 is 14.3 Å². The lowest BCUT2D eigenvalue weighted by Crippen LogP contribution is -2.21. The van der Waals surface area contributed by atoms with Gasteiger partial charge < -0.3 is 15.0 Å². The van der Waals surface area contributed by atoms with Crippen LogP contribution in [0.1, 0.15) is 21.6 Å². The van der Waals surface area contributed by atoms with E-state index in [0.717, 1.165) is 16.8 Å². The molecule has 0 fully saturated rings. The van der Waals surface area contributed by atoms with E-state index in [0.29, 0.717) is 5.69 Å². The Labute approximate surface area is 117 Å². The lowest BCUT2D eigenvalue weighted by atomic mass is 10.1. The molecule has 20 heavy (non-hydrogen) atoms. The number of nitrogens with one attached hydrogen (secondary N) is 2. The van der Waals surface area contributed by atoms with Gasteiger partial charge in [0.25, 0.3) is 5.91 Å². The minimum absolute atomic E-state index is 0.314. The van der Waals surface area contributed by atoms with Gasteiger partial charge in [0.1, 0.15) is 5.69 Å². The number of carbonyl (C=O) groups excluding carboxylic acids is 2. The van der Waals surface area contributed by atoms with Crippen LogP contribution in [0.25, 0.3) is 0 Å². The second-order valence-electron chi connectivity index (χ2n) is 4.53. The number of esters is 1. The third kappa shape index (κ3) is 3.47. The summed E-state index contributed by atoms with van der Waals surface area (Å²) >= 11 is 0. The zero-order valence-electron chi connectivity index (χ0n) is 11.4. The number of anilines is 1. The largest absolute Gasteiger partial charge is 0.451 e. The highest BCUT2D eigenvalue weighted by molar-refractivity contribution is 5.95. The Hall–Kier alpha value is -2.56. The van der Waals surface area contributed by atoms with Gasteiger partial charge in [-0.05, 0) is 37.6 Å². The summed E-state index contributed by atoms with van der Waals surface area (Å²) in [6.45, 7) is 3.58. The average molecular weight is 272 g/mol. The van der Waals surface area contributed by atoms with Crippen LogP contribution in [0.4, 0.5) is 5.69 Å². The second kappa shape index (κ2) is 6.06. The van der Waals surface area contributed by atoms with Gasteiger partial charge in [-0.25, -0.2) is 4.79 Å². The Kier molecular flexibility index (Phi) is 4.20. The number of benzene rings is 1. The summed E-state index contributed by atoms with van der Waals surface area (Å²) in [5.74, 6) is -0.914. The first-order chi connectivity index (χ1) is 9.56. The van der Waals surface area contributed by atoms with Gasteiger partial charge in [-0.2, -0.15) is 0 Å². The van der Waals surface area contributed by atoms with Crippen molar-refractivity contribution >= 4 is 17.6 Å². The number of aromatic amines is 1. The molecule has 2 N–H and O–H groups in total. The third-order valence-corrected chi connectivity index (χ3v) is 2.81. The predicted molar refractivity (Wildman–Crippen MR) is 75.6 cm³/mol. The van der Waals surface area contributed by atoms with Crippen LogP contribution in [-0.2, 0) is 9.53 Å². The quantitative estimate of drug-likeness (QED) is 0.840. The third-order valence-electron chi connectivity index (χ3n) is 2.81. The highest BCUT2D eigenvalue weighted by atomic mass is 16.5. The minimum atomic E-state index is -0.550. The molecule has 0 radical (unpaired) electrons. The van der Waals surface area contributed by atoms with E-state index in [2.05, 4.69) is 10.3 Å². The maximum absolute atomic E-state index is 11.7. The lowest BCUT2D eigenvalue weighted by molar-refractivity contribution is -0.119. The van der Waals surface area contributed by atoms with Crippen molar-refractivity contribution in [2.75, 3.05) is 11.9 Å². The number of aryl methyl sites for hydroxylation is 2. The molecule has 5 nitrogen and oxygen atoms in total. The molecule has 1 heterocycles. The Morgan fingerprint density at radius 1 is 1.25 bits per heavy atom. The SMILES string of the molecule is Cc1ccc(NC(=O)COC(=O)c2ccc[nH]2)c(C)c1. The van der Waals surface area contributed by atoms with Gasteiger partial charge >= 0.3 is 5.97 Å². The first-order valence-electron chi connectivity index (χ1n) is 6.24. The van der Waals surface area contributed by atoms with Crippen molar-refractivity contribution in [2.45, 2.75) is 13.8 Å². The molecule has 104 valence electrons. The summed E-state index contributed by atoms with van der Waals surface area (Å²) in [5, 5.41) is 2.71. The van der Waals surface area contributed by atoms with Crippen LogP contribution in [0, 0.1) is 13.8 Å². The van der Waals surface area contributed by atoms with Crippen LogP contribution in [-0.4, -0.2) is 23.5 Å². The number of ether oxygens (including phenoxy) is 1. The van der Waals surface area contributed by atoms with Crippen molar-refractivity contribution in [3.63, 3.8) is 0 Å². The number of carbonyl (C=O) groups is 2. The van der Waals surface area contributed by atoms with Crippen LogP contribution in [0.3, 0.4) is 0 Å². The first kappa shape index (κ1) is 13.9. The van der Waals surface area contributed by atoms with Gasteiger partial charge in [0, 0.05) is 11.9 Å². The smallest absolute Gasteiger partial charge is 0.355 e. The molecule has 1 aromatic heterocycles. The lowest BCUT2D eigenvalue weighted by Gasteiger charge is -2.09. The summed E-state index contributed by atoms with van der Waals surface area (Å²) < 4.78 is 4.90. The molecule has 0 aliphatic rings. The fourth-order valence-corrected chi connectivity index (χ4v) is 1.81. The molecule has 2 aromatic rings. The van der Waals surface area contributed by atoms with Crippen LogP contribution < -0.4 is 5.32 Å². The summed E-state index contributed by atoms with van der Waals surface area (Å²) in [5.41, 5.74) is 3.13. The van der Waals surface area contributed by atoms with Crippen molar-refractivity contribution in [1.29, 1.82) is 0 Å². The van der Waals surface area contributed by atoms with E-state index in [9.17, 15) is 9.59 Å². The molecule has 0 bridgehead atoms. The molecule has 0 saturated carbocycles. The van der Waals surface area contributed by atoms with Gasteiger partial charge in [-0.3, -0.25) is 4.79 Å². The van der Waals surface area contributed by atoms with Crippen LogP contribution in [0.5, 0.6) is 0 Å². The molecule has 0 unspecified atom stereocenters. The Balaban J connectivity index is 1.88. The molecule has 0 aliphatic carbocycles. The average Bonchev–Trinajstić information content (AvgIpc) is 2.93.